The van der Waals surface area contributed by atoms with Gasteiger partial charge in [-0.05, 0) is 49.1 Å². The number of piperidine rings is 1. The van der Waals surface area contributed by atoms with E-state index < -0.39 is 5.60 Å². The van der Waals surface area contributed by atoms with Gasteiger partial charge in [0.2, 0.25) is 5.91 Å². The standard InChI is InChI=1S/C20H24N2O3/c1-16-5-2-3-6-18(16)25-15-20(24)9-4-12-22(14-20)19(23)13-17-7-10-21-11-8-17/h2-3,5-8,10-11,24H,4,9,12-15H2,1H3/t20-/m0/s1. The number of β-amino-alcohol motifs (C(OH)–C–C–N with tert-alkyl or cyclic N) is 1. The Labute approximate surface area is 148 Å². The van der Waals surface area contributed by atoms with Gasteiger partial charge < -0.3 is 14.7 Å². The third-order valence-electron chi connectivity index (χ3n) is 4.60. The van der Waals surface area contributed by atoms with E-state index in [4.69, 9.17) is 4.74 Å². The van der Waals surface area contributed by atoms with Crippen LogP contribution < -0.4 is 4.74 Å². The summed E-state index contributed by atoms with van der Waals surface area (Å²) in [6.07, 6.45) is 5.11. The second-order valence-electron chi connectivity index (χ2n) is 6.73. The molecule has 1 aromatic heterocycles. The van der Waals surface area contributed by atoms with Crippen molar-refractivity contribution in [2.45, 2.75) is 31.8 Å². The lowest BCUT2D eigenvalue weighted by Crippen LogP contribution is -2.53. The van der Waals surface area contributed by atoms with Crippen LogP contribution in [0.3, 0.4) is 0 Å². The molecule has 0 bridgehead atoms. The van der Waals surface area contributed by atoms with E-state index in [-0.39, 0.29) is 12.5 Å². The van der Waals surface area contributed by atoms with Crippen LogP contribution in [0.4, 0.5) is 0 Å². The van der Waals surface area contributed by atoms with Crippen molar-refractivity contribution >= 4 is 5.91 Å². The third-order valence-corrected chi connectivity index (χ3v) is 4.60. The number of aromatic nitrogens is 1. The summed E-state index contributed by atoms with van der Waals surface area (Å²) < 4.78 is 5.83. The van der Waals surface area contributed by atoms with Crippen molar-refractivity contribution in [3.05, 3.63) is 59.9 Å². The predicted octanol–water partition coefficient (Wildman–Crippen LogP) is 2.37. The number of para-hydroxylation sites is 1. The predicted molar refractivity (Wildman–Crippen MR) is 95.4 cm³/mol. The van der Waals surface area contributed by atoms with Crippen molar-refractivity contribution in [1.82, 2.24) is 9.88 Å². The fraction of sp³-hybridized carbons (Fsp3) is 0.400. The zero-order valence-corrected chi connectivity index (χ0v) is 14.5. The lowest BCUT2D eigenvalue weighted by Gasteiger charge is -2.39. The molecule has 0 saturated carbocycles. The van der Waals surface area contributed by atoms with Gasteiger partial charge in [-0.2, -0.15) is 0 Å². The van der Waals surface area contributed by atoms with Crippen LogP contribution in [-0.2, 0) is 11.2 Å². The van der Waals surface area contributed by atoms with Crippen LogP contribution in [0.25, 0.3) is 0 Å². The van der Waals surface area contributed by atoms with Crippen molar-refractivity contribution < 1.29 is 14.6 Å². The van der Waals surface area contributed by atoms with Gasteiger partial charge in [-0.3, -0.25) is 9.78 Å². The summed E-state index contributed by atoms with van der Waals surface area (Å²) in [6.45, 7) is 3.15. The van der Waals surface area contributed by atoms with Gasteiger partial charge in [-0.25, -0.2) is 0 Å². The monoisotopic (exact) mass is 340 g/mol. The van der Waals surface area contributed by atoms with E-state index in [1.807, 2.05) is 43.3 Å². The van der Waals surface area contributed by atoms with Crippen LogP contribution in [0, 0.1) is 6.92 Å². The van der Waals surface area contributed by atoms with Crippen molar-refractivity contribution in [1.29, 1.82) is 0 Å². The van der Waals surface area contributed by atoms with Crippen LogP contribution >= 0.6 is 0 Å². The number of rotatable bonds is 5. The maximum Gasteiger partial charge on any atom is 0.227 e. The minimum absolute atomic E-state index is 0.0280. The summed E-state index contributed by atoms with van der Waals surface area (Å²) in [5, 5.41) is 10.9. The number of amides is 1. The summed E-state index contributed by atoms with van der Waals surface area (Å²) in [6, 6.07) is 11.4. The highest BCUT2D eigenvalue weighted by Crippen LogP contribution is 2.24. The molecule has 25 heavy (non-hydrogen) atoms. The lowest BCUT2D eigenvalue weighted by molar-refractivity contribution is -0.139. The fourth-order valence-electron chi connectivity index (χ4n) is 3.16. The summed E-state index contributed by atoms with van der Waals surface area (Å²) in [7, 11) is 0. The fourth-order valence-corrected chi connectivity index (χ4v) is 3.16. The highest BCUT2D eigenvalue weighted by Gasteiger charge is 2.36. The van der Waals surface area contributed by atoms with Gasteiger partial charge in [0.05, 0.1) is 13.0 Å². The van der Waals surface area contributed by atoms with Gasteiger partial charge in [-0.1, -0.05) is 18.2 Å². The number of pyridine rings is 1. The van der Waals surface area contributed by atoms with E-state index in [9.17, 15) is 9.90 Å². The first-order chi connectivity index (χ1) is 12.1. The highest BCUT2D eigenvalue weighted by atomic mass is 16.5. The molecule has 3 rings (SSSR count). The number of hydrogen-bond donors (Lipinski definition) is 1. The minimum Gasteiger partial charge on any atom is -0.490 e. The van der Waals surface area contributed by atoms with Crippen LogP contribution in [0.1, 0.15) is 24.0 Å². The largest absolute Gasteiger partial charge is 0.490 e. The van der Waals surface area contributed by atoms with Crippen LogP contribution in [-0.4, -0.2) is 46.2 Å². The molecule has 1 atom stereocenters. The Bertz CT molecular complexity index is 720. The Morgan fingerprint density at radius 2 is 2.04 bits per heavy atom. The van der Waals surface area contributed by atoms with Gasteiger partial charge >= 0.3 is 0 Å². The lowest BCUT2D eigenvalue weighted by atomic mass is 9.93. The molecule has 0 radical (unpaired) electrons. The molecule has 2 aromatic rings. The summed E-state index contributed by atoms with van der Waals surface area (Å²) in [5.74, 6) is 0.802. The van der Waals surface area contributed by atoms with E-state index in [2.05, 4.69) is 4.98 Å². The number of carbonyl (C=O) groups is 1. The van der Waals surface area contributed by atoms with E-state index in [1.54, 1.807) is 17.3 Å². The van der Waals surface area contributed by atoms with Gasteiger partial charge in [0.15, 0.2) is 0 Å². The molecule has 1 aliphatic heterocycles. The van der Waals surface area contributed by atoms with Crippen LogP contribution in [0.15, 0.2) is 48.8 Å². The number of benzene rings is 1. The molecule has 1 saturated heterocycles. The molecular weight excluding hydrogens is 316 g/mol. The first-order valence-electron chi connectivity index (χ1n) is 8.63. The quantitative estimate of drug-likeness (QED) is 0.908. The Balaban J connectivity index is 1.59. The second-order valence-corrected chi connectivity index (χ2v) is 6.73. The Hall–Kier alpha value is -2.40. The molecule has 0 aliphatic carbocycles. The molecule has 1 aliphatic rings. The van der Waals surface area contributed by atoms with Crippen LogP contribution in [0.2, 0.25) is 0 Å². The molecule has 0 spiro atoms. The first-order valence-corrected chi connectivity index (χ1v) is 8.63. The van der Waals surface area contributed by atoms with Gasteiger partial charge in [0.1, 0.15) is 18.0 Å². The number of ether oxygens (including phenoxy) is 1. The molecular formula is C20H24N2O3. The van der Waals surface area contributed by atoms with Crippen molar-refractivity contribution in [2.24, 2.45) is 0 Å². The molecule has 2 heterocycles. The molecule has 1 fully saturated rings. The summed E-state index contributed by atoms with van der Waals surface area (Å²) in [4.78, 5) is 18.2. The van der Waals surface area contributed by atoms with Crippen molar-refractivity contribution in [3.8, 4) is 5.75 Å². The normalized spacial score (nSPS) is 20.3. The smallest absolute Gasteiger partial charge is 0.227 e. The third kappa shape index (κ3) is 4.57. The van der Waals surface area contributed by atoms with Gasteiger partial charge in [0, 0.05) is 18.9 Å². The summed E-state index contributed by atoms with van der Waals surface area (Å²) >= 11 is 0. The number of likely N-dealkylation sites (tertiary alicyclic amines) is 1. The van der Waals surface area contributed by atoms with Crippen molar-refractivity contribution in [2.75, 3.05) is 19.7 Å². The van der Waals surface area contributed by atoms with E-state index in [1.165, 1.54) is 0 Å². The molecule has 0 unspecified atom stereocenters. The number of hydrogen-bond acceptors (Lipinski definition) is 4. The highest BCUT2D eigenvalue weighted by molar-refractivity contribution is 5.78. The zero-order valence-electron chi connectivity index (χ0n) is 14.5. The molecule has 1 aromatic carbocycles. The molecule has 1 amide bonds. The van der Waals surface area contributed by atoms with E-state index in [0.29, 0.717) is 25.9 Å². The zero-order chi connectivity index (χ0) is 17.7. The minimum atomic E-state index is -1.01. The SMILES string of the molecule is Cc1ccccc1OC[C@]1(O)CCCN(C(=O)Cc2ccncc2)C1. The Morgan fingerprint density at radius 1 is 1.28 bits per heavy atom. The molecule has 5 heteroatoms. The van der Waals surface area contributed by atoms with E-state index >= 15 is 0 Å². The number of aliphatic hydroxyl groups is 1. The van der Waals surface area contributed by atoms with Gasteiger partial charge in [-0.15, -0.1) is 0 Å². The maximum absolute atomic E-state index is 12.5. The molecule has 5 nitrogen and oxygen atoms in total. The second kappa shape index (κ2) is 7.66. The first kappa shape index (κ1) is 17.4. The average Bonchev–Trinajstić information content (AvgIpc) is 2.62. The number of carbonyl (C=O) groups excluding carboxylic acids is 1. The molecule has 132 valence electrons. The van der Waals surface area contributed by atoms with Gasteiger partial charge in [0.25, 0.3) is 0 Å². The van der Waals surface area contributed by atoms with E-state index in [0.717, 1.165) is 23.3 Å². The maximum atomic E-state index is 12.5. The Morgan fingerprint density at radius 3 is 2.80 bits per heavy atom. The molecule has 1 N–H and O–H groups in total. The summed E-state index contributed by atoms with van der Waals surface area (Å²) in [5.41, 5.74) is 0.965. The topological polar surface area (TPSA) is 62.7 Å². The Kier molecular flexibility index (Phi) is 5.34. The number of nitrogens with zero attached hydrogens (tertiary/aromatic N) is 2. The average molecular weight is 340 g/mol. The van der Waals surface area contributed by atoms with Crippen LogP contribution in [0.5, 0.6) is 5.75 Å². The number of aryl methyl sites for hydroxylation is 1. The van der Waals surface area contributed by atoms with Crippen molar-refractivity contribution in [3.63, 3.8) is 0 Å².